The number of rotatable bonds is 11. The number of amides is 2. The summed E-state index contributed by atoms with van der Waals surface area (Å²) in [6.07, 6.45) is 0. The van der Waals surface area contributed by atoms with Gasteiger partial charge in [0.1, 0.15) is 17.2 Å². The van der Waals surface area contributed by atoms with E-state index < -0.39 is 10.8 Å². The van der Waals surface area contributed by atoms with Crippen molar-refractivity contribution in [1.29, 1.82) is 0 Å². The highest BCUT2D eigenvalue weighted by Gasteiger charge is 2.21. The smallest absolute Gasteiger partial charge is 0.285 e. The molecule has 3 aromatic rings. The van der Waals surface area contributed by atoms with Gasteiger partial charge in [-0.25, -0.2) is 9.97 Å². The summed E-state index contributed by atoms with van der Waals surface area (Å²) in [6.45, 7) is 4.53. The van der Waals surface area contributed by atoms with Crippen LogP contribution in [0.2, 0.25) is 0 Å². The molecular weight excluding hydrogens is 450 g/mol. The maximum atomic E-state index is 12.5. The van der Waals surface area contributed by atoms with Crippen molar-refractivity contribution in [2.75, 3.05) is 36.8 Å². The van der Waals surface area contributed by atoms with E-state index in [9.17, 15) is 19.7 Å². The van der Waals surface area contributed by atoms with Gasteiger partial charge >= 0.3 is 0 Å². The Morgan fingerprint density at radius 2 is 1.51 bits per heavy atom. The molecule has 0 atom stereocenters. The molecule has 2 aromatic carbocycles. The van der Waals surface area contributed by atoms with Crippen LogP contribution in [0.5, 0.6) is 0 Å². The van der Waals surface area contributed by atoms with Crippen LogP contribution >= 0.6 is 0 Å². The first kappa shape index (κ1) is 25.1. The number of aryl methyl sites for hydroxylation is 1. The molecule has 0 bridgehead atoms. The molecule has 0 saturated carbocycles. The molecule has 182 valence electrons. The molecule has 0 aliphatic rings. The quantitative estimate of drug-likeness (QED) is 0.187. The second kappa shape index (κ2) is 12.1. The molecule has 0 spiro atoms. The van der Waals surface area contributed by atoms with Crippen LogP contribution in [0.3, 0.4) is 0 Å². The van der Waals surface area contributed by atoms with Crippen molar-refractivity contribution in [2.45, 2.75) is 13.8 Å². The molecular formula is C24H27N7O4. The van der Waals surface area contributed by atoms with Crippen molar-refractivity contribution >= 4 is 29.1 Å². The van der Waals surface area contributed by atoms with Crippen molar-refractivity contribution in [3.8, 4) is 11.4 Å². The molecule has 4 N–H and O–H groups in total. The summed E-state index contributed by atoms with van der Waals surface area (Å²) in [4.78, 5) is 43.5. The number of nitrogens with zero attached hydrogens (tertiary/aromatic N) is 3. The van der Waals surface area contributed by atoms with E-state index in [2.05, 4.69) is 31.2 Å². The van der Waals surface area contributed by atoms with Crippen LogP contribution in [0.15, 0.2) is 54.6 Å². The normalized spacial score (nSPS) is 10.3. The number of hydrogen-bond acceptors (Lipinski definition) is 8. The Morgan fingerprint density at radius 3 is 2.11 bits per heavy atom. The van der Waals surface area contributed by atoms with Crippen molar-refractivity contribution in [1.82, 2.24) is 20.6 Å². The van der Waals surface area contributed by atoms with E-state index in [1.54, 1.807) is 25.1 Å². The molecule has 0 saturated heterocycles. The molecule has 11 nitrogen and oxygen atoms in total. The lowest BCUT2D eigenvalue weighted by atomic mass is 10.1. The number of nitro benzene ring substituents is 1. The number of carbonyl (C=O) groups excluding carboxylic acids is 2. The van der Waals surface area contributed by atoms with Gasteiger partial charge in [-0.2, -0.15) is 0 Å². The predicted octanol–water partition coefficient (Wildman–Crippen LogP) is 2.75. The van der Waals surface area contributed by atoms with Gasteiger partial charge in [0.05, 0.1) is 4.92 Å². The summed E-state index contributed by atoms with van der Waals surface area (Å²) >= 11 is 0. The van der Waals surface area contributed by atoms with Crippen LogP contribution in [0.1, 0.15) is 22.8 Å². The van der Waals surface area contributed by atoms with E-state index in [0.717, 1.165) is 5.56 Å². The zero-order chi connectivity index (χ0) is 25.2. The standard InChI is InChI=1S/C24H27N7O4/c1-16-7-6-10-19(22(16)31(34)35)24(33)28-14-13-27-21-15-20(26-12-11-25-17(2)32)29-23(30-21)18-8-4-3-5-9-18/h3-10,15H,11-14H2,1-2H3,(H,25,32)(H,28,33)(H2,26,27,29,30). The summed E-state index contributed by atoms with van der Waals surface area (Å²) in [7, 11) is 0. The van der Waals surface area contributed by atoms with E-state index in [1.165, 1.54) is 13.0 Å². The maximum Gasteiger partial charge on any atom is 0.285 e. The zero-order valence-corrected chi connectivity index (χ0v) is 19.5. The molecule has 35 heavy (non-hydrogen) atoms. The molecule has 3 rings (SSSR count). The number of nitro groups is 1. The Kier molecular flexibility index (Phi) is 8.65. The minimum absolute atomic E-state index is 0.0223. The second-order valence-electron chi connectivity index (χ2n) is 7.65. The van der Waals surface area contributed by atoms with E-state index in [4.69, 9.17) is 0 Å². The van der Waals surface area contributed by atoms with E-state index in [-0.39, 0.29) is 23.7 Å². The van der Waals surface area contributed by atoms with Gasteiger partial charge in [-0.05, 0) is 13.0 Å². The Labute approximate surface area is 202 Å². The van der Waals surface area contributed by atoms with Crippen molar-refractivity contribution in [3.05, 3.63) is 75.8 Å². The number of hydrogen-bond donors (Lipinski definition) is 4. The van der Waals surface area contributed by atoms with Gasteiger partial charge in [-0.15, -0.1) is 0 Å². The predicted molar refractivity (Wildman–Crippen MR) is 133 cm³/mol. The fourth-order valence-corrected chi connectivity index (χ4v) is 3.32. The number of para-hydroxylation sites is 1. The Bertz CT molecular complexity index is 1200. The number of carbonyl (C=O) groups is 2. The van der Waals surface area contributed by atoms with Gasteiger partial charge in [0.25, 0.3) is 11.6 Å². The van der Waals surface area contributed by atoms with Gasteiger partial charge in [-0.3, -0.25) is 19.7 Å². The zero-order valence-electron chi connectivity index (χ0n) is 19.5. The van der Waals surface area contributed by atoms with Crippen molar-refractivity contribution < 1.29 is 14.5 Å². The number of benzene rings is 2. The molecule has 0 unspecified atom stereocenters. The van der Waals surface area contributed by atoms with Crippen molar-refractivity contribution in [3.63, 3.8) is 0 Å². The van der Waals surface area contributed by atoms with Crippen LogP contribution in [-0.2, 0) is 4.79 Å². The first-order chi connectivity index (χ1) is 16.8. The molecule has 1 heterocycles. The van der Waals surface area contributed by atoms with Gasteiger partial charge in [0, 0.05) is 50.3 Å². The molecule has 11 heteroatoms. The highest BCUT2D eigenvalue weighted by molar-refractivity contribution is 5.98. The van der Waals surface area contributed by atoms with Crippen LogP contribution in [0.4, 0.5) is 17.3 Å². The number of aromatic nitrogens is 2. The van der Waals surface area contributed by atoms with Crippen LogP contribution in [-0.4, -0.2) is 52.9 Å². The fourth-order valence-electron chi connectivity index (χ4n) is 3.32. The topological polar surface area (TPSA) is 151 Å². The largest absolute Gasteiger partial charge is 0.368 e. The third-order valence-electron chi connectivity index (χ3n) is 4.94. The lowest BCUT2D eigenvalue weighted by Crippen LogP contribution is -2.29. The summed E-state index contributed by atoms with van der Waals surface area (Å²) in [5.74, 6) is 0.995. The second-order valence-corrected chi connectivity index (χ2v) is 7.65. The monoisotopic (exact) mass is 477 g/mol. The summed E-state index contributed by atoms with van der Waals surface area (Å²) in [5.41, 5.74) is 1.08. The first-order valence-electron chi connectivity index (χ1n) is 11.0. The third kappa shape index (κ3) is 7.22. The Hall–Kier alpha value is -4.54. The average molecular weight is 478 g/mol. The fraction of sp³-hybridized carbons (Fsp3) is 0.250. The highest BCUT2D eigenvalue weighted by Crippen LogP contribution is 2.23. The lowest BCUT2D eigenvalue weighted by molar-refractivity contribution is -0.385. The molecule has 0 radical (unpaired) electrons. The van der Waals surface area contributed by atoms with Gasteiger partial charge in [0.15, 0.2) is 5.82 Å². The number of nitrogens with one attached hydrogen (secondary N) is 4. The summed E-state index contributed by atoms with van der Waals surface area (Å²) in [5, 5.41) is 23.1. The molecule has 0 aliphatic carbocycles. The van der Waals surface area contributed by atoms with Gasteiger partial charge in [-0.1, -0.05) is 42.5 Å². The summed E-state index contributed by atoms with van der Waals surface area (Å²) < 4.78 is 0. The molecule has 0 aliphatic heterocycles. The van der Waals surface area contributed by atoms with Crippen LogP contribution in [0, 0.1) is 17.0 Å². The summed E-state index contributed by atoms with van der Waals surface area (Å²) in [6, 6.07) is 15.9. The van der Waals surface area contributed by atoms with E-state index >= 15 is 0 Å². The third-order valence-corrected chi connectivity index (χ3v) is 4.94. The minimum atomic E-state index is -0.547. The minimum Gasteiger partial charge on any atom is -0.368 e. The average Bonchev–Trinajstić information content (AvgIpc) is 2.84. The van der Waals surface area contributed by atoms with E-state index in [0.29, 0.717) is 42.7 Å². The first-order valence-corrected chi connectivity index (χ1v) is 11.0. The van der Waals surface area contributed by atoms with E-state index in [1.807, 2.05) is 30.3 Å². The molecule has 0 fully saturated rings. The van der Waals surface area contributed by atoms with Crippen molar-refractivity contribution in [2.24, 2.45) is 0 Å². The lowest BCUT2D eigenvalue weighted by Gasteiger charge is -2.12. The van der Waals surface area contributed by atoms with Crippen LogP contribution in [0.25, 0.3) is 11.4 Å². The Balaban J connectivity index is 1.65. The molecule has 2 amide bonds. The maximum absolute atomic E-state index is 12.5. The number of anilines is 2. The highest BCUT2D eigenvalue weighted by atomic mass is 16.6. The van der Waals surface area contributed by atoms with Crippen LogP contribution < -0.4 is 21.3 Å². The SMILES string of the molecule is CC(=O)NCCNc1cc(NCCNC(=O)c2cccc(C)c2[N+](=O)[O-])nc(-c2ccccc2)n1. The van der Waals surface area contributed by atoms with Gasteiger partial charge < -0.3 is 21.3 Å². The van der Waals surface area contributed by atoms with Gasteiger partial charge in [0.2, 0.25) is 5.91 Å². The molecule has 1 aromatic heterocycles. The Morgan fingerprint density at radius 1 is 0.886 bits per heavy atom.